The molecule has 0 aliphatic heterocycles. The maximum atomic E-state index is 12.7. The predicted octanol–water partition coefficient (Wildman–Crippen LogP) is 2.52. The average molecular weight is 398 g/mol. The second-order valence-corrected chi connectivity index (χ2v) is 8.96. The van der Waals surface area contributed by atoms with Crippen molar-refractivity contribution in [3.8, 4) is 11.3 Å². The molecule has 6 nitrogen and oxygen atoms in total. The fourth-order valence-electron chi connectivity index (χ4n) is 2.97. The van der Waals surface area contributed by atoms with Crippen molar-refractivity contribution in [1.82, 2.24) is 9.78 Å². The molecule has 26 heavy (non-hydrogen) atoms. The van der Waals surface area contributed by atoms with Crippen LogP contribution in [-0.4, -0.2) is 38.5 Å². The van der Waals surface area contributed by atoms with Gasteiger partial charge in [0.2, 0.25) is 0 Å². The van der Waals surface area contributed by atoms with E-state index in [1.807, 2.05) is 25.9 Å². The van der Waals surface area contributed by atoms with Gasteiger partial charge in [0.25, 0.3) is 5.56 Å². The van der Waals surface area contributed by atoms with Crippen LogP contribution < -0.4 is 10.5 Å². The highest BCUT2D eigenvalue weighted by Crippen LogP contribution is 2.31. The molecule has 0 amide bonds. The number of sulfone groups is 1. The highest BCUT2D eigenvalue weighted by atomic mass is 35.5. The molecule has 8 heteroatoms. The van der Waals surface area contributed by atoms with E-state index >= 15 is 0 Å². The zero-order valence-electron chi connectivity index (χ0n) is 15.4. The Balaban J connectivity index is 0.00000243. The average Bonchev–Trinajstić information content (AvgIpc) is 3.33. The van der Waals surface area contributed by atoms with Gasteiger partial charge in [0.15, 0.2) is 9.84 Å². The molecule has 0 unspecified atom stereocenters. The van der Waals surface area contributed by atoms with E-state index in [0.717, 1.165) is 24.0 Å². The Kier molecular flexibility index (Phi) is 5.82. The van der Waals surface area contributed by atoms with Crippen LogP contribution in [0.25, 0.3) is 11.3 Å². The van der Waals surface area contributed by atoms with Gasteiger partial charge in [-0.2, -0.15) is 5.10 Å². The topological polar surface area (TPSA) is 72.3 Å². The maximum absolute atomic E-state index is 12.7. The minimum absolute atomic E-state index is 0. The van der Waals surface area contributed by atoms with Crippen LogP contribution in [0, 0.1) is 12.8 Å². The van der Waals surface area contributed by atoms with Gasteiger partial charge in [-0.15, -0.1) is 12.4 Å². The lowest BCUT2D eigenvalue weighted by molar-refractivity contribution is 0.534. The molecule has 1 saturated carbocycles. The van der Waals surface area contributed by atoms with Crippen molar-refractivity contribution in [3.63, 3.8) is 0 Å². The molecule has 142 valence electrons. The number of benzene rings is 1. The number of hydrogen-bond donors (Lipinski definition) is 0. The maximum Gasteiger partial charge on any atom is 0.290 e. The molecule has 0 spiro atoms. The Morgan fingerprint density at radius 2 is 1.77 bits per heavy atom. The van der Waals surface area contributed by atoms with Crippen molar-refractivity contribution >= 4 is 27.9 Å². The van der Waals surface area contributed by atoms with Crippen molar-refractivity contribution in [2.45, 2.75) is 31.2 Å². The summed E-state index contributed by atoms with van der Waals surface area (Å²) in [6.07, 6.45) is 3.46. The number of aromatic nitrogens is 2. The fraction of sp³-hybridized carbons (Fsp3) is 0.444. The molecular formula is C18H24ClN3O3S. The molecule has 0 N–H and O–H groups in total. The Labute approximate surface area is 160 Å². The lowest BCUT2D eigenvalue weighted by atomic mass is 10.1. The third kappa shape index (κ3) is 4.10. The monoisotopic (exact) mass is 397 g/mol. The van der Waals surface area contributed by atoms with E-state index in [1.165, 1.54) is 6.26 Å². The SMILES string of the molecule is Cc1c(-c2ccc(S(C)(=O)=O)cc2)nn(CC2CC2)c(=O)c1N(C)C.Cl. The van der Waals surface area contributed by atoms with Crippen LogP contribution in [0.4, 0.5) is 5.69 Å². The summed E-state index contributed by atoms with van der Waals surface area (Å²) in [6, 6.07) is 6.66. The predicted molar refractivity (Wildman–Crippen MR) is 106 cm³/mol. The van der Waals surface area contributed by atoms with Crippen LogP contribution in [0.3, 0.4) is 0 Å². The van der Waals surface area contributed by atoms with Gasteiger partial charge in [-0.1, -0.05) is 12.1 Å². The van der Waals surface area contributed by atoms with Crippen LogP contribution in [0.5, 0.6) is 0 Å². The molecule has 0 saturated heterocycles. The van der Waals surface area contributed by atoms with Crippen LogP contribution in [-0.2, 0) is 16.4 Å². The first-order valence-corrected chi connectivity index (χ1v) is 10.2. The summed E-state index contributed by atoms with van der Waals surface area (Å²) in [5, 5.41) is 4.59. The van der Waals surface area contributed by atoms with E-state index in [1.54, 1.807) is 28.9 Å². The smallest absolute Gasteiger partial charge is 0.290 e. The van der Waals surface area contributed by atoms with E-state index in [0.29, 0.717) is 23.8 Å². The van der Waals surface area contributed by atoms with Crippen molar-refractivity contribution in [2.24, 2.45) is 5.92 Å². The van der Waals surface area contributed by atoms with Gasteiger partial charge < -0.3 is 4.90 Å². The first-order valence-electron chi connectivity index (χ1n) is 8.28. The van der Waals surface area contributed by atoms with E-state index < -0.39 is 9.84 Å². The zero-order valence-corrected chi connectivity index (χ0v) is 17.0. The van der Waals surface area contributed by atoms with Crippen molar-refractivity contribution < 1.29 is 8.42 Å². The molecule has 1 aromatic heterocycles. The third-order valence-corrected chi connectivity index (χ3v) is 5.63. The minimum Gasteiger partial charge on any atom is -0.373 e. The largest absolute Gasteiger partial charge is 0.373 e. The fourth-order valence-corrected chi connectivity index (χ4v) is 3.60. The van der Waals surface area contributed by atoms with Gasteiger partial charge in [-0.3, -0.25) is 4.79 Å². The number of hydrogen-bond acceptors (Lipinski definition) is 5. The van der Waals surface area contributed by atoms with Gasteiger partial charge in [0.05, 0.1) is 10.6 Å². The summed E-state index contributed by atoms with van der Waals surface area (Å²) in [4.78, 5) is 14.8. The molecule has 1 aliphatic rings. The first-order chi connectivity index (χ1) is 11.7. The molecular weight excluding hydrogens is 374 g/mol. The molecule has 0 atom stereocenters. The Hall–Kier alpha value is -1.86. The number of anilines is 1. The van der Waals surface area contributed by atoms with Crippen LogP contribution in [0.15, 0.2) is 34.0 Å². The van der Waals surface area contributed by atoms with Crippen LogP contribution >= 0.6 is 12.4 Å². The Bertz CT molecular complexity index is 962. The standard InChI is InChI=1S/C18H23N3O3S.ClH/c1-12-16(14-7-9-15(10-8-14)25(4,23)24)19-21(11-13-5-6-13)18(22)17(12)20(2)3;/h7-10,13H,5-6,11H2,1-4H3;1H. The number of rotatable bonds is 5. The van der Waals surface area contributed by atoms with Crippen molar-refractivity contribution in [1.29, 1.82) is 0 Å². The molecule has 1 heterocycles. The molecule has 1 aromatic carbocycles. The molecule has 1 fully saturated rings. The first kappa shape index (κ1) is 20.5. The molecule has 0 bridgehead atoms. The third-order valence-electron chi connectivity index (χ3n) is 4.50. The van der Waals surface area contributed by atoms with E-state index in [-0.39, 0.29) is 22.9 Å². The van der Waals surface area contributed by atoms with Gasteiger partial charge in [0, 0.05) is 38.0 Å². The van der Waals surface area contributed by atoms with Gasteiger partial charge >= 0.3 is 0 Å². The van der Waals surface area contributed by atoms with Gasteiger partial charge in [-0.25, -0.2) is 13.1 Å². The lowest BCUT2D eigenvalue weighted by Crippen LogP contribution is -2.31. The Morgan fingerprint density at radius 1 is 1.19 bits per heavy atom. The van der Waals surface area contributed by atoms with Gasteiger partial charge in [-0.05, 0) is 37.8 Å². The van der Waals surface area contributed by atoms with E-state index in [4.69, 9.17) is 0 Å². The second kappa shape index (κ2) is 7.40. The summed E-state index contributed by atoms with van der Waals surface area (Å²) in [6.45, 7) is 2.51. The highest BCUT2D eigenvalue weighted by molar-refractivity contribution is 7.90. The molecule has 2 aromatic rings. The quantitative estimate of drug-likeness (QED) is 0.775. The summed E-state index contributed by atoms with van der Waals surface area (Å²) in [7, 11) is 0.458. The molecule has 0 radical (unpaired) electrons. The summed E-state index contributed by atoms with van der Waals surface area (Å²) in [5.74, 6) is 0.531. The van der Waals surface area contributed by atoms with E-state index in [2.05, 4.69) is 5.10 Å². The summed E-state index contributed by atoms with van der Waals surface area (Å²) < 4.78 is 24.9. The summed E-state index contributed by atoms with van der Waals surface area (Å²) in [5.41, 5.74) is 2.86. The zero-order chi connectivity index (χ0) is 18.4. The molecule has 1 aliphatic carbocycles. The number of halogens is 1. The molecule has 3 rings (SSSR count). The van der Waals surface area contributed by atoms with Crippen LogP contribution in [0.1, 0.15) is 18.4 Å². The Morgan fingerprint density at radius 3 is 2.23 bits per heavy atom. The van der Waals surface area contributed by atoms with Crippen molar-refractivity contribution in [3.05, 3.63) is 40.2 Å². The van der Waals surface area contributed by atoms with Crippen molar-refractivity contribution in [2.75, 3.05) is 25.3 Å². The summed E-state index contributed by atoms with van der Waals surface area (Å²) >= 11 is 0. The van der Waals surface area contributed by atoms with E-state index in [9.17, 15) is 13.2 Å². The van der Waals surface area contributed by atoms with Gasteiger partial charge in [0.1, 0.15) is 5.69 Å². The minimum atomic E-state index is -3.24. The number of nitrogens with zero attached hydrogens (tertiary/aromatic N) is 3. The second-order valence-electron chi connectivity index (χ2n) is 6.94. The lowest BCUT2D eigenvalue weighted by Gasteiger charge is -2.19. The normalized spacial score (nSPS) is 14.0. The highest BCUT2D eigenvalue weighted by Gasteiger charge is 2.25. The van der Waals surface area contributed by atoms with Crippen LogP contribution in [0.2, 0.25) is 0 Å².